The molecule has 1 N–H and O–H groups in total. The second kappa shape index (κ2) is 9.49. The number of anilines is 1. The van der Waals surface area contributed by atoms with Gasteiger partial charge in [0, 0.05) is 16.8 Å². The minimum Gasteiger partial charge on any atom is -0.460 e. The molecule has 5 rings (SSSR count). The minimum atomic E-state index is -4.47. The van der Waals surface area contributed by atoms with Crippen LogP contribution in [0.3, 0.4) is 0 Å². The third kappa shape index (κ3) is 5.20. The molecular formula is C26H21F3N4O4. The molecule has 0 fully saturated rings. The molecule has 190 valence electrons. The van der Waals surface area contributed by atoms with Crippen LogP contribution in [0, 0.1) is 0 Å². The maximum Gasteiger partial charge on any atom is 0.416 e. The van der Waals surface area contributed by atoms with Crippen LogP contribution in [0.5, 0.6) is 17.5 Å². The molecular weight excluding hydrogens is 489 g/mol. The SMILES string of the molecule is CC(C)Oc1nc(-c2ccc3c(c2)OCO3)n(-c2ccc(NC(=O)c3ccc(C(F)(F)F)cc3)cc2)n1. The quantitative estimate of drug-likeness (QED) is 0.357. The van der Waals surface area contributed by atoms with Crippen molar-refractivity contribution >= 4 is 11.6 Å². The number of fused-ring (bicyclic) bond motifs is 1. The van der Waals surface area contributed by atoms with Crippen LogP contribution in [0.2, 0.25) is 0 Å². The summed E-state index contributed by atoms with van der Waals surface area (Å²) in [5.41, 5.74) is 1.12. The minimum absolute atomic E-state index is 0.105. The van der Waals surface area contributed by atoms with Crippen molar-refractivity contribution < 1.29 is 32.2 Å². The highest BCUT2D eigenvalue weighted by Crippen LogP contribution is 2.36. The number of aromatic nitrogens is 3. The summed E-state index contributed by atoms with van der Waals surface area (Å²) in [5.74, 6) is 1.22. The Hall–Kier alpha value is -4.54. The van der Waals surface area contributed by atoms with Crippen molar-refractivity contribution in [3.63, 3.8) is 0 Å². The normalized spacial score (nSPS) is 12.6. The first-order valence-corrected chi connectivity index (χ1v) is 11.3. The number of amides is 1. The number of hydrogen-bond acceptors (Lipinski definition) is 6. The van der Waals surface area contributed by atoms with Crippen LogP contribution in [-0.2, 0) is 6.18 Å². The molecule has 1 aliphatic heterocycles. The van der Waals surface area contributed by atoms with E-state index in [-0.39, 0.29) is 24.5 Å². The Morgan fingerprint density at radius 1 is 1.00 bits per heavy atom. The molecule has 37 heavy (non-hydrogen) atoms. The molecule has 8 nitrogen and oxygen atoms in total. The Morgan fingerprint density at radius 2 is 1.70 bits per heavy atom. The van der Waals surface area contributed by atoms with Crippen LogP contribution in [0.25, 0.3) is 17.1 Å². The number of halogens is 3. The van der Waals surface area contributed by atoms with E-state index in [0.29, 0.717) is 28.7 Å². The molecule has 1 amide bonds. The van der Waals surface area contributed by atoms with Gasteiger partial charge in [-0.2, -0.15) is 18.2 Å². The lowest BCUT2D eigenvalue weighted by Crippen LogP contribution is -2.13. The van der Waals surface area contributed by atoms with E-state index < -0.39 is 17.6 Å². The van der Waals surface area contributed by atoms with Crippen LogP contribution >= 0.6 is 0 Å². The number of carbonyl (C=O) groups is 1. The van der Waals surface area contributed by atoms with Gasteiger partial charge in [0.15, 0.2) is 17.3 Å². The smallest absolute Gasteiger partial charge is 0.416 e. The number of carbonyl (C=O) groups excluding carboxylic acids is 1. The average Bonchev–Trinajstić information content (AvgIpc) is 3.50. The first-order chi connectivity index (χ1) is 17.7. The standard InChI is InChI=1S/C26H21F3N4O4/c1-15(2)37-25-31-23(17-5-12-21-22(13-17)36-14-35-21)33(32-25)20-10-8-19(9-11-20)30-24(34)16-3-6-18(7-4-16)26(27,28)29/h3-13,15H,14H2,1-2H3,(H,30,34). The molecule has 4 aromatic rings. The molecule has 0 aliphatic carbocycles. The molecule has 1 aliphatic rings. The monoisotopic (exact) mass is 510 g/mol. The molecule has 0 atom stereocenters. The Bertz CT molecular complexity index is 1430. The zero-order valence-corrected chi connectivity index (χ0v) is 19.7. The predicted octanol–water partition coefficient (Wildman–Crippen LogP) is 5.72. The zero-order valence-electron chi connectivity index (χ0n) is 19.7. The molecule has 0 spiro atoms. The lowest BCUT2D eigenvalue weighted by Gasteiger charge is -2.10. The number of nitrogens with one attached hydrogen (secondary N) is 1. The summed E-state index contributed by atoms with van der Waals surface area (Å²) in [7, 11) is 0. The van der Waals surface area contributed by atoms with Crippen molar-refractivity contribution in [3.8, 4) is 34.6 Å². The fourth-order valence-electron chi connectivity index (χ4n) is 3.66. The first kappa shape index (κ1) is 24.2. The van der Waals surface area contributed by atoms with Gasteiger partial charge in [0.05, 0.1) is 17.4 Å². The number of ether oxygens (including phenoxy) is 3. The van der Waals surface area contributed by atoms with Crippen molar-refractivity contribution in [1.82, 2.24) is 14.8 Å². The highest BCUT2D eigenvalue weighted by Gasteiger charge is 2.30. The summed E-state index contributed by atoms with van der Waals surface area (Å²) in [6.07, 6.45) is -4.60. The van der Waals surface area contributed by atoms with Crippen LogP contribution in [0.4, 0.5) is 18.9 Å². The molecule has 0 radical (unpaired) electrons. The lowest BCUT2D eigenvalue weighted by molar-refractivity contribution is -0.137. The zero-order chi connectivity index (χ0) is 26.2. The maximum atomic E-state index is 12.8. The molecule has 3 aromatic carbocycles. The second-order valence-electron chi connectivity index (χ2n) is 8.44. The fraction of sp³-hybridized carbons (Fsp3) is 0.192. The fourth-order valence-corrected chi connectivity index (χ4v) is 3.66. The number of alkyl halides is 3. The number of rotatable bonds is 6. The van der Waals surface area contributed by atoms with Crippen molar-refractivity contribution in [1.29, 1.82) is 0 Å². The number of nitrogens with zero attached hydrogens (tertiary/aromatic N) is 3. The van der Waals surface area contributed by atoms with Gasteiger partial charge in [-0.05, 0) is 80.6 Å². The van der Waals surface area contributed by atoms with Gasteiger partial charge < -0.3 is 19.5 Å². The van der Waals surface area contributed by atoms with Gasteiger partial charge in [-0.25, -0.2) is 4.68 Å². The summed E-state index contributed by atoms with van der Waals surface area (Å²) < 4.78 is 56.5. The third-order valence-electron chi connectivity index (χ3n) is 5.40. The summed E-state index contributed by atoms with van der Waals surface area (Å²) >= 11 is 0. The lowest BCUT2D eigenvalue weighted by atomic mass is 10.1. The first-order valence-electron chi connectivity index (χ1n) is 11.3. The van der Waals surface area contributed by atoms with Crippen LogP contribution in [0.15, 0.2) is 66.7 Å². The van der Waals surface area contributed by atoms with E-state index in [1.54, 1.807) is 41.1 Å². The molecule has 0 saturated carbocycles. The van der Waals surface area contributed by atoms with Crippen LogP contribution in [-0.4, -0.2) is 33.6 Å². The van der Waals surface area contributed by atoms with Crippen LogP contribution in [0.1, 0.15) is 29.8 Å². The Balaban J connectivity index is 1.39. The highest BCUT2D eigenvalue weighted by atomic mass is 19.4. The second-order valence-corrected chi connectivity index (χ2v) is 8.44. The van der Waals surface area contributed by atoms with E-state index in [1.165, 1.54) is 0 Å². The predicted molar refractivity (Wildman–Crippen MR) is 128 cm³/mol. The number of benzene rings is 3. The van der Waals surface area contributed by atoms with Crippen molar-refractivity contribution in [2.45, 2.75) is 26.1 Å². The Morgan fingerprint density at radius 3 is 2.38 bits per heavy atom. The Kier molecular flexibility index (Phi) is 6.20. The topological polar surface area (TPSA) is 87.5 Å². The van der Waals surface area contributed by atoms with Crippen LogP contribution < -0.4 is 19.5 Å². The van der Waals surface area contributed by atoms with Gasteiger partial charge in [-0.3, -0.25) is 4.79 Å². The summed E-state index contributed by atoms with van der Waals surface area (Å²) in [4.78, 5) is 17.1. The molecule has 0 saturated heterocycles. The van der Waals surface area contributed by atoms with Gasteiger partial charge in [-0.15, -0.1) is 5.10 Å². The molecule has 0 bridgehead atoms. The van der Waals surface area contributed by atoms with E-state index in [4.69, 9.17) is 14.2 Å². The highest BCUT2D eigenvalue weighted by molar-refractivity contribution is 6.04. The molecule has 2 heterocycles. The molecule has 0 unspecified atom stereocenters. The van der Waals surface area contributed by atoms with Crippen molar-refractivity contribution in [3.05, 3.63) is 77.9 Å². The summed E-state index contributed by atoms with van der Waals surface area (Å²) in [6.45, 7) is 3.89. The van der Waals surface area contributed by atoms with E-state index in [1.807, 2.05) is 19.9 Å². The van der Waals surface area contributed by atoms with E-state index in [0.717, 1.165) is 29.8 Å². The number of hydrogen-bond donors (Lipinski definition) is 1. The van der Waals surface area contributed by atoms with E-state index in [2.05, 4.69) is 15.4 Å². The summed E-state index contributed by atoms with van der Waals surface area (Å²) in [6, 6.07) is 16.4. The van der Waals surface area contributed by atoms with Gasteiger partial charge in [-0.1, -0.05) is 0 Å². The van der Waals surface area contributed by atoms with Gasteiger partial charge in [0.25, 0.3) is 5.91 Å². The largest absolute Gasteiger partial charge is 0.460 e. The van der Waals surface area contributed by atoms with Crippen molar-refractivity contribution in [2.24, 2.45) is 0 Å². The maximum absolute atomic E-state index is 12.8. The van der Waals surface area contributed by atoms with Crippen molar-refractivity contribution in [2.75, 3.05) is 12.1 Å². The summed E-state index contributed by atoms with van der Waals surface area (Å²) in [5, 5.41) is 7.17. The Labute approximate surface area is 209 Å². The molecule has 11 heteroatoms. The van der Waals surface area contributed by atoms with E-state index in [9.17, 15) is 18.0 Å². The van der Waals surface area contributed by atoms with Gasteiger partial charge >= 0.3 is 12.2 Å². The van der Waals surface area contributed by atoms with E-state index >= 15 is 0 Å². The molecule has 1 aromatic heterocycles. The third-order valence-corrected chi connectivity index (χ3v) is 5.40. The van der Waals surface area contributed by atoms with Gasteiger partial charge in [0.1, 0.15) is 0 Å². The average molecular weight is 510 g/mol. The van der Waals surface area contributed by atoms with Gasteiger partial charge in [0.2, 0.25) is 6.79 Å².